The molecule has 0 N–H and O–H groups in total. The monoisotopic (exact) mass is 344 g/mol. The van der Waals surface area contributed by atoms with Crippen LogP contribution in [-0.2, 0) is 17.9 Å². The third kappa shape index (κ3) is 4.81. The summed E-state index contributed by atoms with van der Waals surface area (Å²) < 4.78 is 5.74. The van der Waals surface area contributed by atoms with E-state index in [0.717, 1.165) is 29.3 Å². The molecular weight excluding hydrogens is 320 g/mol. The van der Waals surface area contributed by atoms with E-state index in [1.54, 1.807) is 11.3 Å². The quantitative estimate of drug-likeness (QED) is 0.718. The van der Waals surface area contributed by atoms with Crippen LogP contribution >= 0.6 is 11.3 Å². The molecule has 0 aliphatic heterocycles. The van der Waals surface area contributed by atoms with E-state index in [1.807, 2.05) is 40.6 Å². The van der Waals surface area contributed by atoms with Crippen LogP contribution in [-0.4, -0.2) is 21.8 Å². The van der Waals surface area contributed by atoms with E-state index in [9.17, 15) is 4.79 Å². The minimum absolute atomic E-state index is 0.252. The SMILES string of the molecule is CC(C)CC(=O)N(Cc1csc(COc2ccccc2)n1)C1CC1. The predicted molar refractivity (Wildman–Crippen MR) is 95.9 cm³/mol. The first kappa shape index (κ1) is 17.0. The highest BCUT2D eigenvalue weighted by molar-refractivity contribution is 7.09. The van der Waals surface area contributed by atoms with Gasteiger partial charge in [-0.3, -0.25) is 4.79 Å². The second kappa shape index (κ2) is 7.79. The van der Waals surface area contributed by atoms with Crippen LogP contribution in [0.4, 0.5) is 0 Å². The van der Waals surface area contributed by atoms with Gasteiger partial charge < -0.3 is 9.64 Å². The fraction of sp³-hybridized carbons (Fsp3) is 0.474. The van der Waals surface area contributed by atoms with E-state index < -0.39 is 0 Å². The van der Waals surface area contributed by atoms with Crippen molar-refractivity contribution in [2.24, 2.45) is 5.92 Å². The molecule has 1 aliphatic carbocycles. The number of amides is 1. The zero-order chi connectivity index (χ0) is 16.9. The van der Waals surface area contributed by atoms with Gasteiger partial charge in [-0.2, -0.15) is 0 Å². The molecule has 3 rings (SSSR count). The maximum Gasteiger partial charge on any atom is 0.223 e. The molecule has 1 heterocycles. The number of rotatable bonds is 8. The molecule has 0 atom stereocenters. The van der Waals surface area contributed by atoms with Gasteiger partial charge in [-0.25, -0.2) is 4.98 Å². The topological polar surface area (TPSA) is 42.4 Å². The molecule has 1 saturated carbocycles. The van der Waals surface area contributed by atoms with Crippen LogP contribution in [0.1, 0.15) is 43.8 Å². The van der Waals surface area contributed by atoms with E-state index in [1.165, 1.54) is 0 Å². The Balaban J connectivity index is 1.57. The summed E-state index contributed by atoms with van der Waals surface area (Å²) in [5.41, 5.74) is 0.968. The average molecular weight is 344 g/mol. The zero-order valence-electron chi connectivity index (χ0n) is 14.3. The first-order chi connectivity index (χ1) is 11.6. The Hall–Kier alpha value is -1.88. The van der Waals surface area contributed by atoms with E-state index in [-0.39, 0.29) is 5.91 Å². The molecule has 128 valence electrons. The van der Waals surface area contributed by atoms with Crippen molar-refractivity contribution in [1.82, 2.24) is 9.88 Å². The van der Waals surface area contributed by atoms with Crippen LogP contribution in [0.5, 0.6) is 5.75 Å². The second-order valence-electron chi connectivity index (χ2n) is 6.69. The highest BCUT2D eigenvalue weighted by atomic mass is 32.1. The van der Waals surface area contributed by atoms with Crippen molar-refractivity contribution in [3.8, 4) is 5.75 Å². The van der Waals surface area contributed by atoms with E-state index in [2.05, 4.69) is 18.8 Å². The molecule has 0 saturated heterocycles. The highest BCUT2D eigenvalue weighted by Gasteiger charge is 2.32. The third-order valence-corrected chi connectivity index (χ3v) is 4.80. The Morgan fingerprint density at radius 2 is 2.08 bits per heavy atom. The van der Waals surface area contributed by atoms with Crippen LogP contribution in [0, 0.1) is 5.92 Å². The maximum atomic E-state index is 12.4. The molecule has 1 aromatic carbocycles. The number of para-hydroxylation sites is 1. The zero-order valence-corrected chi connectivity index (χ0v) is 15.1. The highest BCUT2D eigenvalue weighted by Crippen LogP contribution is 2.30. The maximum absolute atomic E-state index is 12.4. The number of hydrogen-bond acceptors (Lipinski definition) is 4. The Morgan fingerprint density at radius 1 is 1.33 bits per heavy atom. The Bertz CT molecular complexity index is 665. The van der Waals surface area contributed by atoms with Gasteiger partial charge in [-0.15, -0.1) is 11.3 Å². The molecule has 0 radical (unpaired) electrons. The lowest BCUT2D eigenvalue weighted by Crippen LogP contribution is -2.33. The fourth-order valence-corrected chi connectivity index (χ4v) is 3.29. The lowest BCUT2D eigenvalue weighted by Gasteiger charge is -2.22. The first-order valence-electron chi connectivity index (χ1n) is 8.52. The molecule has 5 heteroatoms. The van der Waals surface area contributed by atoms with Crippen molar-refractivity contribution in [3.05, 3.63) is 46.4 Å². The molecular formula is C19H24N2O2S. The van der Waals surface area contributed by atoms with E-state index in [4.69, 9.17) is 4.74 Å². The minimum atomic E-state index is 0.252. The van der Waals surface area contributed by atoms with Crippen molar-refractivity contribution in [2.45, 2.75) is 52.3 Å². The standard InChI is InChI=1S/C19H24N2O2S/c1-14(2)10-19(22)21(16-8-9-16)11-15-13-24-18(20-15)12-23-17-6-4-3-5-7-17/h3-7,13-14,16H,8-12H2,1-2H3. The van der Waals surface area contributed by atoms with Gasteiger partial charge in [0, 0.05) is 17.8 Å². The number of hydrogen-bond donors (Lipinski definition) is 0. The van der Waals surface area contributed by atoms with Gasteiger partial charge in [-0.05, 0) is 30.9 Å². The largest absolute Gasteiger partial charge is 0.486 e. The Labute approximate surface area is 147 Å². The van der Waals surface area contributed by atoms with Gasteiger partial charge >= 0.3 is 0 Å². The summed E-state index contributed by atoms with van der Waals surface area (Å²) in [5, 5.41) is 2.99. The minimum Gasteiger partial charge on any atom is -0.486 e. The first-order valence-corrected chi connectivity index (χ1v) is 9.40. The number of carbonyl (C=O) groups excluding carboxylic acids is 1. The molecule has 1 aromatic heterocycles. The van der Waals surface area contributed by atoms with Crippen molar-refractivity contribution in [1.29, 1.82) is 0 Å². The van der Waals surface area contributed by atoms with Crippen LogP contribution < -0.4 is 4.74 Å². The van der Waals surface area contributed by atoms with Crippen LogP contribution in [0.3, 0.4) is 0 Å². The Morgan fingerprint density at radius 3 is 2.75 bits per heavy atom. The summed E-state index contributed by atoms with van der Waals surface area (Å²) >= 11 is 1.59. The van der Waals surface area contributed by atoms with Crippen LogP contribution in [0.2, 0.25) is 0 Å². The van der Waals surface area contributed by atoms with E-state index >= 15 is 0 Å². The molecule has 1 amide bonds. The summed E-state index contributed by atoms with van der Waals surface area (Å²) in [6.07, 6.45) is 2.86. The summed E-state index contributed by atoms with van der Waals surface area (Å²) in [7, 11) is 0. The smallest absolute Gasteiger partial charge is 0.223 e. The van der Waals surface area contributed by atoms with Crippen LogP contribution in [0.15, 0.2) is 35.7 Å². The molecule has 2 aromatic rings. The summed E-state index contributed by atoms with van der Waals surface area (Å²) in [6, 6.07) is 10.2. The molecule has 1 aliphatic rings. The molecule has 0 unspecified atom stereocenters. The number of thiazole rings is 1. The lowest BCUT2D eigenvalue weighted by atomic mass is 10.1. The molecule has 1 fully saturated rings. The number of nitrogens with zero attached hydrogens (tertiary/aromatic N) is 2. The van der Waals surface area contributed by atoms with Gasteiger partial charge in [0.1, 0.15) is 17.4 Å². The second-order valence-corrected chi connectivity index (χ2v) is 7.63. The van der Waals surface area contributed by atoms with Crippen molar-refractivity contribution >= 4 is 17.2 Å². The van der Waals surface area contributed by atoms with Crippen LogP contribution in [0.25, 0.3) is 0 Å². The number of benzene rings is 1. The van der Waals surface area contributed by atoms with Gasteiger partial charge in [0.2, 0.25) is 5.91 Å². The van der Waals surface area contributed by atoms with Gasteiger partial charge in [0.05, 0.1) is 12.2 Å². The number of carbonyl (C=O) groups is 1. The van der Waals surface area contributed by atoms with Gasteiger partial charge in [0.15, 0.2) is 0 Å². The van der Waals surface area contributed by atoms with Crippen molar-refractivity contribution in [3.63, 3.8) is 0 Å². The van der Waals surface area contributed by atoms with E-state index in [0.29, 0.717) is 31.5 Å². The summed E-state index contributed by atoms with van der Waals surface area (Å²) in [5.74, 6) is 1.49. The number of aromatic nitrogens is 1. The average Bonchev–Trinajstić information content (AvgIpc) is 3.30. The molecule has 0 bridgehead atoms. The number of ether oxygens (including phenoxy) is 1. The molecule has 0 spiro atoms. The molecule has 4 nitrogen and oxygen atoms in total. The molecule has 24 heavy (non-hydrogen) atoms. The predicted octanol–water partition coefficient (Wildman–Crippen LogP) is 4.26. The van der Waals surface area contributed by atoms with Gasteiger partial charge in [-0.1, -0.05) is 32.0 Å². The third-order valence-electron chi connectivity index (χ3n) is 3.93. The van der Waals surface area contributed by atoms with Crippen molar-refractivity contribution in [2.75, 3.05) is 0 Å². The lowest BCUT2D eigenvalue weighted by molar-refractivity contribution is -0.133. The normalized spacial score (nSPS) is 14.0. The summed E-state index contributed by atoms with van der Waals surface area (Å²) in [6.45, 7) is 5.27. The fourth-order valence-electron chi connectivity index (χ4n) is 2.60. The summed E-state index contributed by atoms with van der Waals surface area (Å²) in [4.78, 5) is 19.1. The Kier molecular flexibility index (Phi) is 5.51. The van der Waals surface area contributed by atoms with Crippen molar-refractivity contribution < 1.29 is 9.53 Å². The van der Waals surface area contributed by atoms with Gasteiger partial charge in [0.25, 0.3) is 0 Å².